The predicted molar refractivity (Wildman–Crippen MR) is 142 cm³/mol. The Hall–Kier alpha value is -4.72. The van der Waals surface area contributed by atoms with Crippen molar-refractivity contribution in [3.05, 3.63) is 95.8 Å². The summed E-state index contributed by atoms with van der Waals surface area (Å²) < 4.78 is 23.7. The van der Waals surface area contributed by atoms with Crippen LogP contribution in [-0.4, -0.2) is 34.2 Å². The molecule has 0 aliphatic heterocycles. The van der Waals surface area contributed by atoms with Crippen LogP contribution >= 0.6 is 0 Å². The van der Waals surface area contributed by atoms with Gasteiger partial charge in [0.15, 0.2) is 5.58 Å². The van der Waals surface area contributed by atoms with E-state index in [-0.39, 0.29) is 5.82 Å². The fourth-order valence-electron chi connectivity index (χ4n) is 3.85. The van der Waals surface area contributed by atoms with Crippen LogP contribution in [0.15, 0.2) is 83.3 Å². The summed E-state index contributed by atoms with van der Waals surface area (Å²) in [5, 5.41) is 20.1. The first-order chi connectivity index (χ1) is 18.2. The Bertz CT molecular complexity index is 1610. The van der Waals surface area contributed by atoms with Gasteiger partial charge in [0.05, 0.1) is 18.9 Å². The Morgan fingerprint density at radius 3 is 2.03 bits per heavy atom. The van der Waals surface area contributed by atoms with Crippen LogP contribution < -0.4 is 4.74 Å². The minimum atomic E-state index is -0.892. The number of rotatable bonds is 6. The minimum Gasteiger partial charge on any atom is -0.497 e. The Morgan fingerprint density at radius 1 is 0.816 bits per heavy atom. The summed E-state index contributed by atoms with van der Waals surface area (Å²) in [6.07, 6.45) is 0. The van der Waals surface area contributed by atoms with Crippen molar-refractivity contribution in [2.45, 2.75) is 25.7 Å². The van der Waals surface area contributed by atoms with Crippen LogP contribution in [0, 0.1) is 5.82 Å². The topological polar surface area (TPSA) is 110 Å². The molecule has 0 fully saturated rings. The lowest BCUT2D eigenvalue weighted by molar-refractivity contribution is -0.139. The first-order valence-electron chi connectivity index (χ1n) is 11.9. The molecule has 0 spiro atoms. The van der Waals surface area contributed by atoms with Gasteiger partial charge in [0.1, 0.15) is 17.1 Å². The molecule has 5 rings (SSSR count). The second-order valence-electron chi connectivity index (χ2n) is 8.85. The van der Waals surface area contributed by atoms with E-state index in [0.29, 0.717) is 28.1 Å². The highest BCUT2D eigenvalue weighted by atomic mass is 19.1. The summed E-state index contributed by atoms with van der Waals surface area (Å²) in [5.41, 5.74) is 3.29. The van der Waals surface area contributed by atoms with Gasteiger partial charge >= 0.3 is 11.9 Å². The zero-order valence-electron chi connectivity index (χ0n) is 21.0. The normalized spacial score (nSPS) is 12.4. The first kappa shape index (κ1) is 26.3. The van der Waals surface area contributed by atoms with Crippen molar-refractivity contribution in [3.63, 3.8) is 0 Å². The molecule has 0 aliphatic carbocycles. The van der Waals surface area contributed by atoms with Gasteiger partial charge in [-0.05, 0) is 84.3 Å². The molecule has 0 saturated carbocycles. The first-order valence-corrected chi connectivity index (χ1v) is 11.9. The highest BCUT2D eigenvalue weighted by molar-refractivity contribution is 5.86. The van der Waals surface area contributed by atoms with Crippen LogP contribution in [0.2, 0.25) is 0 Å². The Kier molecular flexibility index (Phi) is 7.71. The Morgan fingerprint density at radius 2 is 1.39 bits per heavy atom. The smallest absolute Gasteiger partial charge is 0.310 e. The van der Waals surface area contributed by atoms with Crippen LogP contribution in [0.5, 0.6) is 5.75 Å². The van der Waals surface area contributed by atoms with Gasteiger partial charge in [0.25, 0.3) is 0 Å². The lowest BCUT2D eigenvalue weighted by atomic mass is 9.98. The summed E-state index contributed by atoms with van der Waals surface area (Å²) in [6, 6.07) is 22.4. The number of carboxylic acids is 2. The lowest BCUT2D eigenvalue weighted by Crippen LogP contribution is -2.06. The zero-order chi connectivity index (χ0) is 27.4. The number of methoxy groups -OCH3 is 1. The number of oxazole rings is 1. The van der Waals surface area contributed by atoms with E-state index in [1.165, 1.54) is 12.1 Å². The molecule has 194 valence electrons. The van der Waals surface area contributed by atoms with Gasteiger partial charge in [-0.3, -0.25) is 9.59 Å². The summed E-state index contributed by atoms with van der Waals surface area (Å²) in [5.74, 6) is -1.94. The van der Waals surface area contributed by atoms with E-state index >= 15 is 0 Å². The van der Waals surface area contributed by atoms with E-state index in [4.69, 9.17) is 19.4 Å². The molecule has 5 aromatic rings. The summed E-state index contributed by atoms with van der Waals surface area (Å²) in [4.78, 5) is 26.3. The number of carboxylic acid groups (broad SMARTS) is 2. The van der Waals surface area contributed by atoms with Crippen LogP contribution in [-0.2, 0) is 9.59 Å². The SMILES string of the molecule is COc1ccc2cc([C@H](C)C(=O)O)ccc2c1.C[C@H](C(=O)O)c1ccc2oc(-c3ccc(F)cc3)nc2c1. The van der Waals surface area contributed by atoms with Gasteiger partial charge in [-0.1, -0.05) is 30.3 Å². The van der Waals surface area contributed by atoms with Gasteiger partial charge in [0, 0.05) is 5.56 Å². The molecule has 2 N–H and O–H groups in total. The molecule has 0 amide bonds. The maximum atomic E-state index is 12.9. The molecule has 7 nitrogen and oxygen atoms in total. The van der Waals surface area contributed by atoms with Crippen molar-refractivity contribution >= 4 is 33.8 Å². The number of ether oxygens (including phenoxy) is 1. The maximum Gasteiger partial charge on any atom is 0.310 e. The van der Waals surface area contributed by atoms with Gasteiger partial charge < -0.3 is 19.4 Å². The van der Waals surface area contributed by atoms with Crippen LogP contribution in [0.1, 0.15) is 36.8 Å². The molecule has 4 aromatic carbocycles. The third-order valence-electron chi connectivity index (χ3n) is 6.32. The number of aliphatic carboxylic acids is 2. The number of hydrogen-bond donors (Lipinski definition) is 2. The van der Waals surface area contributed by atoms with Crippen molar-refractivity contribution < 1.29 is 33.3 Å². The van der Waals surface area contributed by atoms with Gasteiger partial charge in [-0.2, -0.15) is 0 Å². The van der Waals surface area contributed by atoms with Crippen molar-refractivity contribution in [2.24, 2.45) is 0 Å². The molecule has 2 atom stereocenters. The van der Waals surface area contributed by atoms with Gasteiger partial charge in [0.2, 0.25) is 5.89 Å². The zero-order valence-corrected chi connectivity index (χ0v) is 21.0. The number of nitrogens with zero attached hydrogens (tertiary/aromatic N) is 1. The van der Waals surface area contributed by atoms with Gasteiger partial charge in [-0.15, -0.1) is 0 Å². The standard InChI is InChI=1S/C16H12FNO3.C14H14O3/c1-9(16(19)20)11-4-7-14-13(8-11)18-15(21-14)10-2-5-12(17)6-3-10;1-9(14(15)16)10-3-4-12-8-13(17-2)6-5-11(12)7-10/h2-9H,1H3,(H,19,20);3-9H,1-2H3,(H,15,16)/t2*9-/m00/s1. The molecule has 0 unspecified atom stereocenters. The molecule has 0 radical (unpaired) electrons. The lowest BCUT2D eigenvalue weighted by Gasteiger charge is -2.08. The second-order valence-corrected chi connectivity index (χ2v) is 8.85. The molecule has 0 aliphatic rings. The van der Waals surface area contributed by atoms with Crippen molar-refractivity contribution in [1.29, 1.82) is 0 Å². The molecule has 8 heteroatoms. The summed E-state index contributed by atoms with van der Waals surface area (Å²) >= 11 is 0. The number of carbonyl (C=O) groups is 2. The van der Waals surface area contributed by atoms with E-state index in [1.807, 2.05) is 36.4 Å². The third kappa shape index (κ3) is 5.81. The quantitative estimate of drug-likeness (QED) is 0.254. The summed E-state index contributed by atoms with van der Waals surface area (Å²) in [6.45, 7) is 3.30. The predicted octanol–water partition coefficient (Wildman–Crippen LogP) is 6.86. The average molecular weight is 516 g/mol. The maximum absolute atomic E-state index is 12.9. The van der Waals surface area contributed by atoms with Crippen molar-refractivity contribution in [2.75, 3.05) is 7.11 Å². The molecule has 0 saturated heterocycles. The minimum absolute atomic E-state index is 0.326. The number of fused-ring (bicyclic) bond motifs is 2. The fourth-order valence-corrected chi connectivity index (χ4v) is 3.85. The van der Waals surface area contributed by atoms with Crippen LogP contribution in [0.3, 0.4) is 0 Å². The van der Waals surface area contributed by atoms with E-state index in [1.54, 1.807) is 51.3 Å². The Balaban J connectivity index is 0.000000181. The molecule has 1 aromatic heterocycles. The summed E-state index contributed by atoms with van der Waals surface area (Å²) in [7, 11) is 1.63. The molecule has 38 heavy (non-hydrogen) atoms. The van der Waals surface area contributed by atoms with Crippen molar-refractivity contribution in [3.8, 4) is 17.2 Å². The number of hydrogen-bond acceptors (Lipinski definition) is 5. The monoisotopic (exact) mass is 515 g/mol. The molecular weight excluding hydrogens is 489 g/mol. The Labute approximate surface area is 218 Å². The number of aromatic nitrogens is 1. The number of halogens is 1. The molecular formula is C30H26FNO6. The molecule has 1 heterocycles. The van der Waals surface area contributed by atoms with Crippen molar-refractivity contribution in [1.82, 2.24) is 4.98 Å². The number of benzene rings is 4. The van der Waals surface area contributed by atoms with E-state index < -0.39 is 23.8 Å². The van der Waals surface area contributed by atoms with E-state index in [2.05, 4.69) is 4.98 Å². The largest absolute Gasteiger partial charge is 0.497 e. The molecule has 0 bridgehead atoms. The van der Waals surface area contributed by atoms with Gasteiger partial charge in [-0.25, -0.2) is 9.37 Å². The average Bonchev–Trinajstić information content (AvgIpc) is 3.35. The van der Waals surface area contributed by atoms with E-state index in [9.17, 15) is 14.0 Å². The third-order valence-corrected chi connectivity index (χ3v) is 6.32. The highest BCUT2D eigenvalue weighted by Crippen LogP contribution is 2.28. The van der Waals surface area contributed by atoms with Crippen LogP contribution in [0.4, 0.5) is 4.39 Å². The highest BCUT2D eigenvalue weighted by Gasteiger charge is 2.16. The van der Waals surface area contributed by atoms with E-state index in [0.717, 1.165) is 22.1 Å². The van der Waals surface area contributed by atoms with Crippen LogP contribution in [0.25, 0.3) is 33.3 Å². The fraction of sp³-hybridized carbons (Fsp3) is 0.167. The second kappa shape index (κ2) is 11.1.